The summed E-state index contributed by atoms with van der Waals surface area (Å²) in [7, 11) is 0. The number of carbonyl (C=O) groups is 6. The molecule has 3 aromatic carbocycles. The van der Waals surface area contributed by atoms with Gasteiger partial charge in [-0.15, -0.1) is 6.42 Å². The molecule has 0 aliphatic carbocycles. The second-order valence-corrected chi connectivity index (χ2v) is 23.2. The van der Waals surface area contributed by atoms with Crippen LogP contribution < -0.4 is 30.9 Å². The number of phenols is 1. The monoisotopic (exact) mass is 1230 g/mol. The molecule has 5 N–H and O–H groups in total. The van der Waals surface area contributed by atoms with Crippen molar-refractivity contribution in [2.75, 3.05) is 116 Å². The number of alkyl carbamates (subject to hydrolysis) is 1. The molecule has 6 amide bonds. The fourth-order valence-corrected chi connectivity index (χ4v) is 13.0. The smallest absolute Gasteiger partial charge is 0.407 e. The number of rotatable bonds is 28. The highest BCUT2D eigenvalue weighted by Gasteiger charge is 2.47. The lowest BCUT2D eigenvalue weighted by Gasteiger charge is -2.34. The Kier molecular flexibility index (Phi) is 20.1. The highest BCUT2D eigenvalue weighted by atomic mass is 19.1. The third kappa shape index (κ3) is 14.5. The molecule has 6 unspecified atom stereocenters. The molecule has 0 radical (unpaired) electrons. The van der Waals surface area contributed by atoms with Crippen molar-refractivity contribution in [2.45, 2.75) is 88.5 Å². The van der Waals surface area contributed by atoms with E-state index in [1.165, 1.54) is 48.7 Å². The van der Waals surface area contributed by atoms with Gasteiger partial charge in [0, 0.05) is 79.6 Å². The molecule has 5 saturated heterocycles. The van der Waals surface area contributed by atoms with E-state index in [1.807, 2.05) is 0 Å². The number of piperidine rings is 1. The molecule has 5 aromatic rings. The number of carbonyl (C=O) groups excluding carboxylic acids is 6. The van der Waals surface area contributed by atoms with Gasteiger partial charge in [0.15, 0.2) is 5.82 Å². The quantitative estimate of drug-likeness (QED) is 0.0254. The van der Waals surface area contributed by atoms with Crippen molar-refractivity contribution < 1.29 is 75.8 Å². The Labute approximate surface area is 511 Å². The maximum absolute atomic E-state index is 17.1. The van der Waals surface area contributed by atoms with E-state index < -0.39 is 47.4 Å². The molecular weight excluding hydrogens is 1160 g/mol. The molecule has 0 spiro atoms. The summed E-state index contributed by atoms with van der Waals surface area (Å²) < 4.78 is 72.0. The Morgan fingerprint density at radius 2 is 1.52 bits per heavy atom. The summed E-state index contributed by atoms with van der Waals surface area (Å²) in [5.74, 6) is -0.818. The Morgan fingerprint density at radius 1 is 0.809 bits per heavy atom. The molecule has 472 valence electrons. The van der Waals surface area contributed by atoms with E-state index in [0.717, 1.165) is 37.1 Å². The number of aromatic hydroxyl groups is 1. The Bertz CT molecular complexity index is 3530. The number of pyridine rings is 1. The molecule has 0 saturated carbocycles. The normalized spacial score (nSPS) is 22.2. The zero-order valence-corrected chi connectivity index (χ0v) is 49.4. The van der Waals surface area contributed by atoms with Crippen LogP contribution in [0.3, 0.4) is 0 Å². The van der Waals surface area contributed by atoms with Crippen LogP contribution in [-0.4, -0.2) is 201 Å². The lowest BCUT2D eigenvalue weighted by atomic mass is 9.91. The van der Waals surface area contributed by atoms with E-state index in [-0.39, 0.29) is 152 Å². The number of fused-ring (bicyclic) bond motifs is 6. The minimum Gasteiger partial charge on any atom is -0.508 e. The molecule has 6 aliphatic heterocycles. The van der Waals surface area contributed by atoms with Crippen molar-refractivity contribution in [3.8, 4) is 35.4 Å². The van der Waals surface area contributed by atoms with Crippen LogP contribution in [0.25, 0.3) is 32.9 Å². The van der Waals surface area contributed by atoms with Gasteiger partial charge in [0.25, 0.3) is 11.8 Å². The number of amides is 6. The molecule has 2 bridgehead atoms. The number of hydrogen-bond donors (Lipinski definition) is 5. The van der Waals surface area contributed by atoms with Gasteiger partial charge < -0.3 is 59.1 Å². The van der Waals surface area contributed by atoms with Gasteiger partial charge in [-0.3, -0.25) is 44.1 Å². The first-order valence-corrected chi connectivity index (χ1v) is 30.3. The zero-order chi connectivity index (χ0) is 62.1. The Morgan fingerprint density at radius 3 is 2.24 bits per heavy atom. The SMILES string of the molecule is C#Cc1c(F)ccc2cc(O)cc(-c3ncc4c(N5CC6CCC(C5)N6)nc(OCCC5C[C@@H](COC(=O)NCCOCCOCCOCCOCCOCCC(=O)Nc6ccc7c(c6)C(=O)N(C6CCC(=O)NC6=O)C7=O)N6CC(C)CC56)nc4c3F)c12. The number of piperazine rings is 1. The summed E-state index contributed by atoms with van der Waals surface area (Å²) in [5.41, 5.74) is 0.378. The molecule has 8 heterocycles. The average Bonchev–Trinajstić information content (AvgIpc) is 1.76. The maximum Gasteiger partial charge on any atom is 0.407 e. The van der Waals surface area contributed by atoms with Crippen LogP contribution in [0.5, 0.6) is 11.8 Å². The molecule has 26 heteroatoms. The first-order chi connectivity index (χ1) is 43.2. The molecule has 6 aliphatic rings. The number of aromatic nitrogens is 3. The van der Waals surface area contributed by atoms with E-state index in [9.17, 15) is 33.9 Å². The predicted molar refractivity (Wildman–Crippen MR) is 318 cm³/mol. The fraction of sp³-hybridized carbons (Fsp3) is 0.508. The van der Waals surface area contributed by atoms with E-state index in [0.29, 0.717) is 87.3 Å². The summed E-state index contributed by atoms with van der Waals surface area (Å²) in [6.45, 7) is 8.16. The van der Waals surface area contributed by atoms with Crippen LogP contribution in [0.1, 0.15) is 84.6 Å². The number of anilines is 2. The largest absolute Gasteiger partial charge is 0.508 e. The lowest BCUT2D eigenvalue weighted by molar-refractivity contribution is -0.136. The number of ether oxygens (including phenoxy) is 7. The number of benzene rings is 3. The number of halogens is 2. The van der Waals surface area contributed by atoms with Crippen LogP contribution in [0.2, 0.25) is 0 Å². The summed E-state index contributed by atoms with van der Waals surface area (Å²) in [5, 5.41) is 23.0. The highest BCUT2D eigenvalue weighted by molar-refractivity contribution is 6.24. The minimum atomic E-state index is -1.08. The van der Waals surface area contributed by atoms with Crippen LogP contribution in [0, 0.1) is 35.8 Å². The molecule has 11 rings (SSSR count). The van der Waals surface area contributed by atoms with Crippen molar-refractivity contribution in [3.63, 3.8) is 0 Å². The van der Waals surface area contributed by atoms with Crippen molar-refractivity contribution in [1.29, 1.82) is 0 Å². The number of nitrogens with one attached hydrogen (secondary N) is 4. The van der Waals surface area contributed by atoms with E-state index in [2.05, 4.69) is 53.9 Å². The van der Waals surface area contributed by atoms with Crippen molar-refractivity contribution >= 4 is 68.8 Å². The van der Waals surface area contributed by atoms with Crippen molar-refractivity contribution in [2.24, 2.45) is 11.8 Å². The predicted octanol–water partition coefficient (Wildman–Crippen LogP) is 4.86. The van der Waals surface area contributed by atoms with Crippen LogP contribution in [0.4, 0.5) is 25.1 Å². The van der Waals surface area contributed by atoms with Gasteiger partial charge in [-0.1, -0.05) is 18.9 Å². The maximum atomic E-state index is 17.1. The molecule has 89 heavy (non-hydrogen) atoms. The van der Waals surface area contributed by atoms with Crippen molar-refractivity contribution in [3.05, 3.63) is 77.0 Å². The van der Waals surface area contributed by atoms with Gasteiger partial charge in [0.05, 0.1) is 101 Å². The summed E-state index contributed by atoms with van der Waals surface area (Å²) in [6, 6.07) is 9.52. The van der Waals surface area contributed by atoms with Gasteiger partial charge in [-0.05, 0) is 92.1 Å². The van der Waals surface area contributed by atoms with Crippen molar-refractivity contribution in [1.82, 2.24) is 40.7 Å². The Balaban J connectivity index is 0.544. The third-order valence-corrected chi connectivity index (χ3v) is 17.1. The van der Waals surface area contributed by atoms with Gasteiger partial charge in [-0.2, -0.15) is 9.97 Å². The van der Waals surface area contributed by atoms with Gasteiger partial charge in [-0.25, -0.2) is 13.6 Å². The van der Waals surface area contributed by atoms with Gasteiger partial charge in [0.2, 0.25) is 17.7 Å². The molecule has 2 aromatic heterocycles. The van der Waals surface area contributed by atoms with Crippen LogP contribution >= 0.6 is 0 Å². The summed E-state index contributed by atoms with van der Waals surface area (Å²) >= 11 is 0. The number of hydrogen-bond acceptors (Lipinski definition) is 20. The van der Waals surface area contributed by atoms with Gasteiger partial charge in [0.1, 0.15) is 41.2 Å². The lowest BCUT2D eigenvalue weighted by Crippen LogP contribution is -2.54. The molecular formula is C63H72F2N10O14. The number of terminal acetylenes is 1. The molecule has 24 nitrogen and oxygen atoms in total. The first kappa shape index (κ1) is 62.6. The Hall–Kier alpha value is -8.03. The number of phenolic OH excluding ortho intramolecular Hbond substituents is 1. The zero-order valence-electron chi connectivity index (χ0n) is 49.4. The number of nitrogens with zero attached hydrogens (tertiary/aromatic N) is 6. The van der Waals surface area contributed by atoms with Crippen LogP contribution in [0.15, 0.2) is 48.7 Å². The fourth-order valence-electron chi connectivity index (χ4n) is 13.0. The standard InChI is InChI=1S/C63H72F2N10O14/c1-3-44-49(64)9-4-38-28-43(76)30-47(54(38)44)56-55(65)57-48(31-67-56)58(73-33-40-5-6-41(34-73)68-40)72-62(71-57)88-16-12-37-27-42(74-32-36(2)26-51(37)74)35-89-63(82)66-14-17-84-19-21-86-23-25-87-24-22-85-20-18-83-15-13-53(78)69-39-7-8-45-46(29-39)61(81)75(60(45)80)50-10-11-52(77)70-59(50)79/h1,4,7-9,28-31,36-37,40-42,50-51,68,76H,5-6,10-27,32-35H2,2H3,(H,66,82)(H,69,78)(H,70,77,79)/t36?,37?,40?,41?,42-,50?,51?/m0/s1. The summed E-state index contributed by atoms with van der Waals surface area (Å²) in [6.07, 6.45) is 11.3. The van der Waals surface area contributed by atoms with E-state index in [4.69, 9.17) is 44.6 Å². The molecule has 5 fully saturated rings. The highest BCUT2D eigenvalue weighted by Crippen LogP contribution is 2.43. The number of imide groups is 2. The topological polar surface area (TPSA) is 284 Å². The van der Waals surface area contributed by atoms with Crippen LogP contribution in [-0.2, 0) is 42.8 Å². The summed E-state index contributed by atoms with van der Waals surface area (Å²) in [4.78, 5) is 94.7. The average molecular weight is 1230 g/mol. The third-order valence-electron chi connectivity index (χ3n) is 17.1. The second kappa shape index (κ2) is 28.6. The van der Waals surface area contributed by atoms with Gasteiger partial charge >= 0.3 is 12.1 Å². The minimum absolute atomic E-state index is 0.0143. The second-order valence-electron chi connectivity index (χ2n) is 23.2. The van der Waals surface area contributed by atoms with E-state index >= 15 is 8.78 Å². The first-order valence-electron chi connectivity index (χ1n) is 30.3. The molecule has 7 atom stereocenters. The van der Waals surface area contributed by atoms with E-state index in [1.54, 1.807) is 0 Å².